The second kappa shape index (κ2) is 3.16. The molecule has 0 unspecified atom stereocenters. The Morgan fingerprint density at radius 2 is 1.86 bits per heavy atom. The summed E-state index contributed by atoms with van der Waals surface area (Å²) < 4.78 is 2.24. The lowest BCUT2D eigenvalue weighted by Gasteiger charge is -2.05. The van der Waals surface area contributed by atoms with Gasteiger partial charge < -0.3 is 4.57 Å². The summed E-state index contributed by atoms with van der Waals surface area (Å²) in [7, 11) is 2.12. The number of benzene rings is 1. The monoisotopic (exact) mass is 187 g/mol. The van der Waals surface area contributed by atoms with Crippen LogP contribution in [0.1, 0.15) is 31.0 Å². The predicted octanol–water partition coefficient (Wildman–Crippen LogP) is 3.61. The smallest absolute Gasteiger partial charge is 0.0479 e. The Kier molecular flexibility index (Phi) is 2.10. The summed E-state index contributed by atoms with van der Waals surface area (Å²) in [6.07, 6.45) is 0. The first-order chi connectivity index (χ1) is 6.59. The van der Waals surface area contributed by atoms with E-state index in [4.69, 9.17) is 0 Å². The van der Waals surface area contributed by atoms with Crippen molar-refractivity contribution in [2.24, 2.45) is 7.05 Å². The van der Waals surface area contributed by atoms with Gasteiger partial charge in [0.25, 0.3) is 0 Å². The maximum Gasteiger partial charge on any atom is 0.0479 e. The van der Waals surface area contributed by atoms with Crippen molar-refractivity contribution in [2.45, 2.75) is 26.7 Å². The van der Waals surface area contributed by atoms with E-state index in [1.54, 1.807) is 0 Å². The third-order valence-corrected chi connectivity index (χ3v) is 2.97. The zero-order valence-electron chi connectivity index (χ0n) is 9.33. The molecule has 0 bridgehead atoms. The summed E-state index contributed by atoms with van der Waals surface area (Å²) in [4.78, 5) is 0. The minimum atomic E-state index is 0.611. The fraction of sp³-hybridized carbons (Fsp3) is 0.385. The van der Waals surface area contributed by atoms with Crippen molar-refractivity contribution >= 4 is 10.9 Å². The van der Waals surface area contributed by atoms with Gasteiger partial charge in [0.2, 0.25) is 0 Å². The molecule has 0 radical (unpaired) electrons. The Morgan fingerprint density at radius 1 is 1.14 bits per heavy atom. The molecule has 0 saturated heterocycles. The summed E-state index contributed by atoms with van der Waals surface area (Å²) in [5.74, 6) is 0.611. The van der Waals surface area contributed by atoms with Crippen LogP contribution >= 0.6 is 0 Å². The Bertz CT molecular complexity index is 463. The Labute approximate surface area is 85.4 Å². The molecule has 14 heavy (non-hydrogen) atoms. The molecule has 2 aromatic rings. The fourth-order valence-electron chi connectivity index (χ4n) is 1.87. The highest BCUT2D eigenvalue weighted by Crippen LogP contribution is 2.23. The fourth-order valence-corrected chi connectivity index (χ4v) is 1.87. The second-order valence-electron chi connectivity index (χ2n) is 4.32. The standard InChI is InChI=1S/C13H17N/c1-9(2)11-5-6-13-12(8-11)7-10(3)14(13)4/h5-9H,1-4H3. The molecule has 1 aromatic heterocycles. The first-order valence-corrected chi connectivity index (χ1v) is 5.15. The minimum Gasteiger partial charge on any atom is -0.348 e. The normalized spacial score (nSPS) is 11.5. The van der Waals surface area contributed by atoms with Crippen LogP contribution in [0.25, 0.3) is 10.9 Å². The largest absolute Gasteiger partial charge is 0.348 e. The summed E-state index contributed by atoms with van der Waals surface area (Å²) in [6.45, 7) is 6.61. The van der Waals surface area contributed by atoms with E-state index in [1.807, 2.05) is 0 Å². The van der Waals surface area contributed by atoms with Crippen molar-refractivity contribution in [2.75, 3.05) is 0 Å². The van der Waals surface area contributed by atoms with E-state index in [9.17, 15) is 0 Å². The molecular weight excluding hydrogens is 170 g/mol. The zero-order valence-corrected chi connectivity index (χ0v) is 9.33. The van der Waals surface area contributed by atoms with Gasteiger partial charge in [-0.25, -0.2) is 0 Å². The van der Waals surface area contributed by atoms with Gasteiger partial charge in [-0.1, -0.05) is 19.9 Å². The first kappa shape index (κ1) is 9.32. The molecular formula is C13H17N. The molecule has 1 nitrogen and oxygen atoms in total. The maximum atomic E-state index is 2.30. The molecule has 0 amide bonds. The van der Waals surface area contributed by atoms with Crippen molar-refractivity contribution in [1.82, 2.24) is 4.57 Å². The van der Waals surface area contributed by atoms with Gasteiger partial charge >= 0.3 is 0 Å². The van der Waals surface area contributed by atoms with Crippen LogP contribution in [0.5, 0.6) is 0 Å². The molecule has 0 aliphatic carbocycles. The highest BCUT2D eigenvalue weighted by molar-refractivity contribution is 5.82. The van der Waals surface area contributed by atoms with E-state index >= 15 is 0 Å². The van der Waals surface area contributed by atoms with E-state index in [2.05, 4.69) is 56.7 Å². The van der Waals surface area contributed by atoms with Crippen LogP contribution in [-0.2, 0) is 7.05 Å². The van der Waals surface area contributed by atoms with Gasteiger partial charge in [-0.2, -0.15) is 0 Å². The summed E-state index contributed by atoms with van der Waals surface area (Å²) >= 11 is 0. The van der Waals surface area contributed by atoms with Crippen LogP contribution in [-0.4, -0.2) is 4.57 Å². The first-order valence-electron chi connectivity index (χ1n) is 5.15. The molecule has 74 valence electrons. The van der Waals surface area contributed by atoms with Gasteiger partial charge in [0.1, 0.15) is 0 Å². The topological polar surface area (TPSA) is 4.93 Å². The van der Waals surface area contributed by atoms with E-state index in [1.165, 1.54) is 22.2 Å². The molecule has 0 aliphatic rings. The lowest BCUT2D eigenvalue weighted by atomic mass is 10.0. The molecule has 1 heteroatoms. The van der Waals surface area contributed by atoms with E-state index in [-0.39, 0.29) is 0 Å². The maximum absolute atomic E-state index is 2.30. The van der Waals surface area contributed by atoms with Crippen LogP contribution in [0, 0.1) is 6.92 Å². The molecule has 2 rings (SSSR count). The van der Waals surface area contributed by atoms with Crippen LogP contribution in [0.2, 0.25) is 0 Å². The average molecular weight is 187 g/mol. The van der Waals surface area contributed by atoms with Gasteiger partial charge in [-0.05, 0) is 36.6 Å². The third-order valence-electron chi connectivity index (χ3n) is 2.97. The third kappa shape index (κ3) is 1.33. The summed E-state index contributed by atoms with van der Waals surface area (Å²) in [5, 5.41) is 1.36. The van der Waals surface area contributed by atoms with Gasteiger partial charge in [-0.15, -0.1) is 0 Å². The van der Waals surface area contributed by atoms with Crippen molar-refractivity contribution < 1.29 is 0 Å². The number of hydrogen-bond acceptors (Lipinski definition) is 0. The van der Waals surface area contributed by atoms with Crippen molar-refractivity contribution in [3.05, 3.63) is 35.5 Å². The molecule has 0 aliphatic heterocycles. The molecule has 0 fully saturated rings. The highest BCUT2D eigenvalue weighted by Gasteiger charge is 2.04. The lowest BCUT2D eigenvalue weighted by Crippen LogP contribution is -1.90. The zero-order chi connectivity index (χ0) is 10.3. The van der Waals surface area contributed by atoms with Crippen molar-refractivity contribution in [1.29, 1.82) is 0 Å². The second-order valence-corrected chi connectivity index (χ2v) is 4.32. The molecule has 0 spiro atoms. The molecule has 0 saturated carbocycles. The van der Waals surface area contributed by atoms with E-state index < -0.39 is 0 Å². The van der Waals surface area contributed by atoms with Crippen molar-refractivity contribution in [3.8, 4) is 0 Å². The van der Waals surface area contributed by atoms with Crippen LogP contribution in [0.3, 0.4) is 0 Å². The van der Waals surface area contributed by atoms with Gasteiger partial charge in [0, 0.05) is 23.6 Å². The predicted molar refractivity (Wildman–Crippen MR) is 61.7 cm³/mol. The SMILES string of the molecule is Cc1cc2cc(C(C)C)ccc2n1C. The Morgan fingerprint density at radius 3 is 2.50 bits per heavy atom. The molecule has 0 atom stereocenters. The van der Waals surface area contributed by atoms with Crippen LogP contribution in [0.15, 0.2) is 24.3 Å². The number of aromatic nitrogens is 1. The lowest BCUT2D eigenvalue weighted by molar-refractivity contribution is 0.867. The number of rotatable bonds is 1. The highest BCUT2D eigenvalue weighted by atomic mass is 14.9. The summed E-state index contributed by atoms with van der Waals surface area (Å²) in [5.41, 5.74) is 4.07. The minimum absolute atomic E-state index is 0.611. The molecule has 0 N–H and O–H groups in total. The Hall–Kier alpha value is -1.24. The van der Waals surface area contributed by atoms with Gasteiger partial charge in [0.15, 0.2) is 0 Å². The number of hydrogen-bond donors (Lipinski definition) is 0. The quantitative estimate of drug-likeness (QED) is 0.642. The number of nitrogens with zero attached hydrogens (tertiary/aromatic N) is 1. The molecule has 1 aromatic carbocycles. The average Bonchev–Trinajstić information content (AvgIpc) is 2.42. The van der Waals surface area contributed by atoms with Crippen molar-refractivity contribution in [3.63, 3.8) is 0 Å². The number of aryl methyl sites for hydroxylation is 2. The van der Waals surface area contributed by atoms with E-state index in [0.717, 1.165) is 0 Å². The van der Waals surface area contributed by atoms with E-state index in [0.29, 0.717) is 5.92 Å². The number of fused-ring (bicyclic) bond motifs is 1. The van der Waals surface area contributed by atoms with Crippen LogP contribution in [0.4, 0.5) is 0 Å². The summed E-state index contributed by atoms with van der Waals surface area (Å²) in [6, 6.07) is 9.00. The van der Waals surface area contributed by atoms with Crippen LogP contribution < -0.4 is 0 Å². The van der Waals surface area contributed by atoms with Gasteiger partial charge in [-0.3, -0.25) is 0 Å². The van der Waals surface area contributed by atoms with Gasteiger partial charge in [0.05, 0.1) is 0 Å². The Balaban J connectivity index is 2.67. The molecule has 1 heterocycles.